The highest BCUT2D eigenvalue weighted by atomic mass is 16.3. The van der Waals surface area contributed by atoms with Crippen LogP contribution in [0.25, 0.3) is 0 Å². The van der Waals surface area contributed by atoms with Crippen LogP contribution < -0.4 is 0 Å². The van der Waals surface area contributed by atoms with E-state index in [1.54, 1.807) is 0 Å². The van der Waals surface area contributed by atoms with Gasteiger partial charge in [-0.05, 0) is 38.7 Å². The molecule has 0 aromatic carbocycles. The highest BCUT2D eigenvalue weighted by Crippen LogP contribution is 2.45. The minimum atomic E-state index is -0.653. The molecule has 2 heteroatoms. The van der Waals surface area contributed by atoms with Gasteiger partial charge in [0.1, 0.15) is 6.29 Å². The van der Waals surface area contributed by atoms with Crippen LogP contribution in [0.5, 0.6) is 0 Å². The van der Waals surface area contributed by atoms with Crippen LogP contribution in [-0.2, 0) is 4.79 Å². The van der Waals surface area contributed by atoms with Crippen molar-refractivity contribution in [3.8, 4) is 0 Å². The lowest BCUT2D eigenvalue weighted by Gasteiger charge is -2.45. The number of rotatable bonds is 3. The molecule has 1 unspecified atom stereocenters. The van der Waals surface area contributed by atoms with Crippen LogP contribution in [0, 0.1) is 5.41 Å². The van der Waals surface area contributed by atoms with Gasteiger partial charge in [0.2, 0.25) is 0 Å². The largest absolute Gasteiger partial charge is 0.389 e. The monoisotopic (exact) mass is 222 g/mol. The van der Waals surface area contributed by atoms with Crippen molar-refractivity contribution < 1.29 is 9.90 Å². The van der Waals surface area contributed by atoms with Gasteiger partial charge < -0.3 is 5.11 Å². The lowest BCUT2D eigenvalue weighted by atomic mass is 9.64. The molecule has 0 fully saturated rings. The van der Waals surface area contributed by atoms with Crippen molar-refractivity contribution in [2.24, 2.45) is 5.41 Å². The summed E-state index contributed by atoms with van der Waals surface area (Å²) < 4.78 is 0. The summed E-state index contributed by atoms with van der Waals surface area (Å²) in [6.45, 7) is 7.85. The van der Waals surface area contributed by atoms with Crippen molar-refractivity contribution in [1.82, 2.24) is 0 Å². The molecule has 1 N–H and O–H groups in total. The number of carbonyl (C=O) groups excluding carboxylic acids is 1. The number of hydrogen-bond donors (Lipinski definition) is 1. The van der Waals surface area contributed by atoms with E-state index in [0.29, 0.717) is 0 Å². The maximum absolute atomic E-state index is 10.5. The van der Waals surface area contributed by atoms with Gasteiger partial charge in [-0.15, -0.1) is 0 Å². The quantitative estimate of drug-likeness (QED) is 0.453. The summed E-state index contributed by atoms with van der Waals surface area (Å²) in [6.07, 6.45) is 7.48. The summed E-state index contributed by atoms with van der Waals surface area (Å²) in [5, 5.41) is 10.4. The van der Waals surface area contributed by atoms with E-state index in [9.17, 15) is 9.90 Å². The van der Waals surface area contributed by atoms with Gasteiger partial charge in [0.15, 0.2) is 0 Å². The summed E-state index contributed by atoms with van der Waals surface area (Å²) in [6, 6.07) is 0. The SMILES string of the molecule is CC(C=O)=CCC1=CCCC(C)(O)C1(C)C. The molecule has 0 saturated carbocycles. The topological polar surface area (TPSA) is 37.3 Å². The minimum absolute atomic E-state index is 0.217. The van der Waals surface area contributed by atoms with E-state index in [-0.39, 0.29) is 5.41 Å². The molecule has 1 atom stereocenters. The number of hydrogen-bond acceptors (Lipinski definition) is 2. The second-order valence-electron chi connectivity index (χ2n) is 5.44. The molecular weight excluding hydrogens is 200 g/mol. The van der Waals surface area contributed by atoms with Crippen LogP contribution in [-0.4, -0.2) is 17.0 Å². The Hall–Kier alpha value is -0.890. The Kier molecular flexibility index (Phi) is 3.74. The van der Waals surface area contributed by atoms with Crippen LogP contribution in [0.15, 0.2) is 23.3 Å². The van der Waals surface area contributed by atoms with E-state index in [1.807, 2.05) is 19.9 Å². The van der Waals surface area contributed by atoms with Gasteiger partial charge in [0, 0.05) is 5.41 Å². The highest BCUT2D eigenvalue weighted by molar-refractivity contribution is 5.72. The standard InChI is InChI=1S/C14H22O2/c1-11(10-15)7-8-12-6-5-9-14(4,16)13(12,2)3/h6-7,10,16H,5,8-9H2,1-4H3. The molecule has 0 heterocycles. The molecule has 0 bridgehead atoms. The van der Waals surface area contributed by atoms with Gasteiger partial charge >= 0.3 is 0 Å². The van der Waals surface area contributed by atoms with Crippen molar-refractivity contribution >= 4 is 6.29 Å². The number of allylic oxidation sites excluding steroid dienone is 3. The van der Waals surface area contributed by atoms with E-state index in [1.165, 1.54) is 5.57 Å². The van der Waals surface area contributed by atoms with Crippen molar-refractivity contribution in [2.75, 3.05) is 0 Å². The molecule has 2 nitrogen and oxygen atoms in total. The average molecular weight is 222 g/mol. The zero-order valence-corrected chi connectivity index (χ0v) is 10.7. The minimum Gasteiger partial charge on any atom is -0.389 e. The summed E-state index contributed by atoms with van der Waals surface area (Å²) >= 11 is 0. The summed E-state index contributed by atoms with van der Waals surface area (Å²) in [5.41, 5.74) is 1.11. The third-order valence-electron chi connectivity index (χ3n) is 4.00. The van der Waals surface area contributed by atoms with E-state index < -0.39 is 5.60 Å². The molecule has 0 radical (unpaired) electrons. The molecule has 0 aromatic heterocycles. The second-order valence-corrected chi connectivity index (χ2v) is 5.44. The van der Waals surface area contributed by atoms with Crippen molar-refractivity contribution in [2.45, 2.75) is 52.6 Å². The first-order valence-electron chi connectivity index (χ1n) is 5.85. The Balaban J connectivity index is 2.89. The fourth-order valence-electron chi connectivity index (χ4n) is 2.10. The van der Waals surface area contributed by atoms with Gasteiger partial charge in [-0.2, -0.15) is 0 Å². The average Bonchev–Trinajstić information content (AvgIpc) is 2.20. The van der Waals surface area contributed by atoms with Crippen LogP contribution >= 0.6 is 0 Å². The fourth-order valence-corrected chi connectivity index (χ4v) is 2.10. The Morgan fingerprint density at radius 1 is 1.50 bits per heavy atom. The molecule has 1 aliphatic carbocycles. The van der Waals surface area contributed by atoms with Crippen LogP contribution in [0.3, 0.4) is 0 Å². The Bertz CT molecular complexity index is 333. The normalized spacial score (nSPS) is 29.8. The first-order chi connectivity index (χ1) is 7.31. The summed E-state index contributed by atoms with van der Waals surface area (Å²) in [5.74, 6) is 0. The molecule has 90 valence electrons. The van der Waals surface area contributed by atoms with Crippen molar-refractivity contribution in [3.05, 3.63) is 23.3 Å². The number of aldehydes is 1. The fraction of sp³-hybridized carbons (Fsp3) is 0.643. The zero-order valence-electron chi connectivity index (χ0n) is 10.7. The predicted octanol–water partition coefficient (Wildman–Crippen LogP) is 3.02. The van der Waals surface area contributed by atoms with Crippen LogP contribution in [0.4, 0.5) is 0 Å². The zero-order chi connectivity index (χ0) is 12.4. The Morgan fingerprint density at radius 2 is 2.12 bits per heavy atom. The van der Waals surface area contributed by atoms with E-state index in [0.717, 1.165) is 31.1 Å². The Labute approximate surface area is 98.1 Å². The Morgan fingerprint density at radius 3 is 2.69 bits per heavy atom. The lowest BCUT2D eigenvalue weighted by Crippen LogP contribution is -2.45. The maximum atomic E-state index is 10.5. The molecule has 1 aliphatic rings. The van der Waals surface area contributed by atoms with Gasteiger partial charge in [-0.1, -0.05) is 31.6 Å². The first kappa shape index (κ1) is 13.2. The molecular formula is C14H22O2. The highest BCUT2D eigenvalue weighted by Gasteiger charge is 2.42. The van der Waals surface area contributed by atoms with Crippen molar-refractivity contribution in [1.29, 1.82) is 0 Å². The van der Waals surface area contributed by atoms with Gasteiger partial charge in [-0.25, -0.2) is 0 Å². The maximum Gasteiger partial charge on any atom is 0.145 e. The molecule has 0 saturated heterocycles. The van der Waals surface area contributed by atoms with Crippen LogP contribution in [0.2, 0.25) is 0 Å². The molecule has 0 spiro atoms. The third-order valence-corrected chi connectivity index (χ3v) is 4.00. The van der Waals surface area contributed by atoms with E-state index in [4.69, 9.17) is 0 Å². The van der Waals surface area contributed by atoms with E-state index in [2.05, 4.69) is 19.9 Å². The smallest absolute Gasteiger partial charge is 0.145 e. The van der Waals surface area contributed by atoms with E-state index >= 15 is 0 Å². The molecule has 1 rings (SSSR count). The van der Waals surface area contributed by atoms with Crippen molar-refractivity contribution in [3.63, 3.8) is 0 Å². The first-order valence-corrected chi connectivity index (χ1v) is 5.85. The summed E-state index contributed by atoms with van der Waals surface area (Å²) in [4.78, 5) is 10.5. The van der Waals surface area contributed by atoms with Gasteiger partial charge in [0.05, 0.1) is 5.60 Å². The predicted molar refractivity (Wildman–Crippen MR) is 66.2 cm³/mol. The van der Waals surface area contributed by atoms with Gasteiger partial charge in [-0.3, -0.25) is 4.79 Å². The third kappa shape index (κ3) is 2.43. The molecule has 0 aromatic rings. The van der Waals surface area contributed by atoms with Gasteiger partial charge in [0.25, 0.3) is 0 Å². The summed E-state index contributed by atoms with van der Waals surface area (Å²) in [7, 11) is 0. The molecule has 0 amide bonds. The lowest BCUT2D eigenvalue weighted by molar-refractivity contribution is -0.104. The second kappa shape index (κ2) is 4.54. The molecule has 0 aliphatic heterocycles. The number of aliphatic hydroxyl groups is 1. The molecule has 16 heavy (non-hydrogen) atoms. The van der Waals surface area contributed by atoms with Crippen LogP contribution in [0.1, 0.15) is 47.0 Å². The number of carbonyl (C=O) groups is 1.